The lowest BCUT2D eigenvalue weighted by Gasteiger charge is -2.13. The lowest BCUT2D eigenvalue weighted by atomic mass is 10.1. The Balaban J connectivity index is 1.43. The van der Waals surface area contributed by atoms with E-state index in [-0.39, 0.29) is 0 Å². The van der Waals surface area contributed by atoms with E-state index in [0.717, 1.165) is 51.6 Å². The summed E-state index contributed by atoms with van der Waals surface area (Å²) in [6.07, 6.45) is 1.68. The molecule has 0 saturated carbocycles. The molecule has 4 aromatic rings. The standard InChI is InChI=1S/C21H21N3O3S/c1-13-10-16(20-22-21(27-24-20)18-7-5-9-28-18)11-14(2)19(13)25-8-4-6-17-12-15(3)23-26-17/h5,7,9-12H,4,6,8H2,1-3H3. The summed E-state index contributed by atoms with van der Waals surface area (Å²) in [4.78, 5) is 5.49. The van der Waals surface area contributed by atoms with E-state index in [2.05, 4.69) is 15.3 Å². The zero-order valence-electron chi connectivity index (χ0n) is 16.1. The molecule has 3 aromatic heterocycles. The quantitative estimate of drug-likeness (QED) is 0.391. The van der Waals surface area contributed by atoms with E-state index in [0.29, 0.717) is 18.3 Å². The first-order valence-corrected chi connectivity index (χ1v) is 10.0. The Morgan fingerprint density at radius 3 is 2.54 bits per heavy atom. The topological polar surface area (TPSA) is 74.2 Å². The molecule has 0 radical (unpaired) electrons. The minimum atomic E-state index is 0.545. The molecular weight excluding hydrogens is 374 g/mol. The second-order valence-corrected chi connectivity index (χ2v) is 7.67. The van der Waals surface area contributed by atoms with E-state index in [4.69, 9.17) is 13.8 Å². The Hall–Kier alpha value is -2.93. The minimum Gasteiger partial charge on any atom is -0.493 e. The van der Waals surface area contributed by atoms with Crippen molar-refractivity contribution >= 4 is 11.3 Å². The van der Waals surface area contributed by atoms with Crippen LogP contribution in [0.5, 0.6) is 5.75 Å². The normalized spacial score (nSPS) is 11.1. The largest absolute Gasteiger partial charge is 0.493 e. The molecule has 0 unspecified atom stereocenters. The van der Waals surface area contributed by atoms with Gasteiger partial charge in [-0.1, -0.05) is 16.4 Å². The summed E-state index contributed by atoms with van der Waals surface area (Å²) in [6, 6.07) is 9.96. The van der Waals surface area contributed by atoms with Crippen molar-refractivity contribution in [2.24, 2.45) is 0 Å². The smallest absolute Gasteiger partial charge is 0.268 e. The average molecular weight is 395 g/mol. The van der Waals surface area contributed by atoms with Gasteiger partial charge in [-0.05, 0) is 61.9 Å². The van der Waals surface area contributed by atoms with Crippen molar-refractivity contribution in [3.8, 4) is 27.9 Å². The van der Waals surface area contributed by atoms with Crippen LogP contribution in [0.1, 0.15) is 29.0 Å². The summed E-state index contributed by atoms with van der Waals surface area (Å²) in [5, 5.41) is 10.0. The molecule has 0 bridgehead atoms. The summed E-state index contributed by atoms with van der Waals surface area (Å²) in [7, 11) is 0. The maximum atomic E-state index is 6.03. The molecule has 0 amide bonds. The lowest BCUT2D eigenvalue weighted by Crippen LogP contribution is -2.02. The summed E-state index contributed by atoms with van der Waals surface area (Å²) in [6.45, 7) is 6.61. The summed E-state index contributed by atoms with van der Waals surface area (Å²) >= 11 is 1.58. The fourth-order valence-corrected chi connectivity index (χ4v) is 3.75. The molecule has 0 aliphatic carbocycles. The highest BCUT2D eigenvalue weighted by molar-refractivity contribution is 7.13. The van der Waals surface area contributed by atoms with Gasteiger partial charge in [-0.25, -0.2) is 0 Å². The first-order chi connectivity index (χ1) is 13.6. The molecule has 0 aliphatic rings. The predicted molar refractivity (Wildman–Crippen MR) is 108 cm³/mol. The molecule has 0 spiro atoms. The zero-order chi connectivity index (χ0) is 19.5. The summed E-state index contributed by atoms with van der Waals surface area (Å²) in [5.41, 5.74) is 3.92. The van der Waals surface area contributed by atoms with Crippen molar-refractivity contribution in [3.05, 3.63) is 58.3 Å². The number of thiophene rings is 1. The van der Waals surface area contributed by atoms with E-state index in [9.17, 15) is 0 Å². The fourth-order valence-electron chi connectivity index (χ4n) is 3.10. The molecule has 7 heteroatoms. The third kappa shape index (κ3) is 3.99. The van der Waals surface area contributed by atoms with Gasteiger partial charge >= 0.3 is 0 Å². The van der Waals surface area contributed by atoms with Gasteiger partial charge in [0.15, 0.2) is 0 Å². The third-order valence-corrected chi connectivity index (χ3v) is 5.23. The van der Waals surface area contributed by atoms with Gasteiger partial charge in [-0.15, -0.1) is 11.3 Å². The lowest BCUT2D eigenvalue weighted by molar-refractivity contribution is 0.296. The van der Waals surface area contributed by atoms with Crippen LogP contribution in [0.2, 0.25) is 0 Å². The SMILES string of the molecule is Cc1cc(CCCOc2c(C)cc(-c3noc(-c4cccs4)n3)cc2C)on1. The molecule has 144 valence electrons. The number of hydrogen-bond donors (Lipinski definition) is 0. The molecular formula is C21H21N3O3S. The van der Waals surface area contributed by atoms with Gasteiger partial charge in [0.2, 0.25) is 5.82 Å². The number of ether oxygens (including phenoxy) is 1. The molecule has 0 saturated heterocycles. The molecule has 0 atom stereocenters. The van der Waals surface area contributed by atoms with Crippen LogP contribution in [0.4, 0.5) is 0 Å². The van der Waals surface area contributed by atoms with Crippen LogP contribution in [-0.2, 0) is 6.42 Å². The van der Waals surface area contributed by atoms with Gasteiger partial charge in [-0.3, -0.25) is 0 Å². The molecule has 3 heterocycles. The van der Waals surface area contributed by atoms with Crippen LogP contribution >= 0.6 is 11.3 Å². The number of nitrogens with zero attached hydrogens (tertiary/aromatic N) is 3. The van der Waals surface area contributed by atoms with Crippen molar-refractivity contribution in [1.82, 2.24) is 15.3 Å². The maximum Gasteiger partial charge on any atom is 0.268 e. The number of rotatable bonds is 7. The van der Waals surface area contributed by atoms with Crippen LogP contribution in [-0.4, -0.2) is 21.9 Å². The Morgan fingerprint density at radius 2 is 1.86 bits per heavy atom. The predicted octanol–water partition coefficient (Wildman–Crippen LogP) is 5.39. The second kappa shape index (κ2) is 7.98. The van der Waals surface area contributed by atoms with E-state index in [1.807, 2.05) is 56.5 Å². The van der Waals surface area contributed by atoms with Crippen LogP contribution in [0.3, 0.4) is 0 Å². The Labute approximate surface area is 167 Å². The van der Waals surface area contributed by atoms with Crippen LogP contribution in [0.15, 0.2) is 44.8 Å². The Morgan fingerprint density at radius 1 is 1.04 bits per heavy atom. The number of aromatic nitrogens is 3. The van der Waals surface area contributed by atoms with Gasteiger partial charge in [-0.2, -0.15) is 4.98 Å². The summed E-state index contributed by atoms with van der Waals surface area (Å²) < 4.78 is 16.7. The molecule has 0 aliphatic heterocycles. The van der Waals surface area contributed by atoms with Crippen molar-refractivity contribution in [2.75, 3.05) is 6.61 Å². The van der Waals surface area contributed by atoms with Crippen molar-refractivity contribution in [1.29, 1.82) is 0 Å². The maximum absolute atomic E-state index is 6.03. The molecule has 1 aromatic carbocycles. The molecule has 0 fully saturated rings. The van der Waals surface area contributed by atoms with Gasteiger partial charge < -0.3 is 13.8 Å². The van der Waals surface area contributed by atoms with Gasteiger partial charge in [0, 0.05) is 18.1 Å². The number of benzene rings is 1. The first kappa shape index (κ1) is 18.4. The minimum absolute atomic E-state index is 0.545. The molecule has 0 N–H and O–H groups in total. The van der Waals surface area contributed by atoms with Crippen molar-refractivity contribution in [3.63, 3.8) is 0 Å². The Kier molecular flexibility index (Phi) is 5.25. The Bertz CT molecular complexity index is 1040. The first-order valence-electron chi connectivity index (χ1n) is 9.14. The summed E-state index contributed by atoms with van der Waals surface area (Å²) in [5.74, 6) is 2.92. The van der Waals surface area contributed by atoms with Crippen LogP contribution in [0.25, 0.3) is 22.2 Å². The number of aryl methyl sites for hydroxylation is 4. The van der Waals surface area contributed by atoms with E-state index in [1.165, 1.54) is 0 Å². The van der Waals surface area contributed by atoms with Gasteiger partial charge in [0.05, 0.1) is 17.2 Å². The molecule has 28 heavy (non-hydrogen) atoms. The monoisotopic (exact) mass is 395 g/mol. The van der Waals surface area contributed by atoms with Crippen LogP contribution < -0.4 is 4.74 Å². The van der Waals surface area contributed by atoms with Crippen molar-refractivity contribution < 1.29 is 13.8 Å². The highest BCUT2D eigenvalue weighted by Crippen LogP contribution is 2.31. The van der Waals surface area contributed by atoms with E-state index in [1.54, 1.807) is 11.3 Å². The average Bonchev–Trinajstić information content (AvgIpc) is 3.41. The van der Waals surface area contributed by atoms with Gasteiger partial charge in [0.25, 0.3) is 5.89 Å². The fraction of sp³-hybridized carbons (Fsp3) is 0.286. The van der Waals surface area contributed by atoms with E-state index < -0.39 is 0 Å². The van der Waals surface area contributed by atoms with Gasteiger partial charge in [0.1, 0.15) is 11.5 Å². The van der Waals surface area contributed by atoms with Crippen molar-refractivity contribution in [2.45, 2.75) is 33.6 Å². The third-order valence-electron chi connectivity index (χ3n) is 4.37. The molecule has 6 nitrogen and oxygen atoms in total. The van der Waals surface area contributed by atoms with E-state index >= 15 is 0 Å². The second-order valence-electron chi connectivity index (χ2n) is 6.73. The zero-order valence-corrected chi connectivity index (χ0v) is 16.9. The van der Waals surface area contributed by atoms with Crippen LogP contribution in [0, 0.1) is 20.8 Å². The highest BCUT2D eigenvalue weighted by atomic mass is 32.1. The number of hydrogen-bond acceptors (Lipinski definition) is 7. The highest BCUT2D eigenvalue weighted by Gasteiger charge is 2.14. The molecule has 4 rings (SSSR count).